The van der Waals surface area contributed by atoms with Crippen LogP contribution in [0.3, 0.4) is 0 Å². The van der Waals surface area contributed by atoms with Gasteiger partial charge in [0, 0.05) is 19.6 Å². The minimum Gasteiger partial charge on any atom is -0.497 e. The Morgan fingerprint density at radius 3 is 2.28 bits per heavy atom. The molecule has 0 aliphatic rings. The zero-order valence-electron chi connectivity index (χ0n) is 21.8. The van der Waals surface area contributed by atoms with E-state index in [1.54, 1.807) is 14.0 Å². The number of methoxy groups -OCH3 is 1. The molecule has 0 aliphatic heterocycles. The summed E-state index contributed by atoms with van der Waals surface area (Å²) < 4.78 is 29.8. The number of hydrogen-bond acceptors (Lipinski definition) is 7. The lowest BCUT2D eigenvalue weighted by Gasteiger charge is -2.18. The van der Waals surface area contributed by atoms with Crippen LogP contribution in [0.5, 0.6) is 5.75 Å². The number of aliphatic hydroxyl groups excluding tert-OH is 2. The van der Waals surface area contributed by atoms with Crippen molar-refractivity contribution in [1.29, 1.82) is 0 Å². The quantitative estimate of drug-likeness (QED) is 0.301. The van der Waals surface area contributed by atoms with Crippen molar-refractivity contribution in [2.75, 3.05) is 26.0 Å². The molecule has 0 aromatic heterocycles. The van der Waals surface area contributed by atoms with Crippen molar-refractivity contribution in [2.24, 2.45) is 0 Å². The number of rotatable bonds is 14. The van der Waals surface area contributed by atoms with Gasteiger partial charge in [0.2, 0.25) is 5.91 Å². The summed E-state index contributed by atoms with van der Waals surface area (Å²) in [4.78, 5) is 12.0. The molecule has 36 heavy (non-hydrogen) atoms. The second-order valence-corrected chi connectivity index (χ2v) is 11.0. The van der Waals surface area contributed by atoms with Crippen molar-refractivity contribution >= 4 is 15.7 Å². The number of amides is 1. The molecule has 3 atom stereocenters. The van der Waals surface area contributed by atoms with Gasteiger partial charge in [0.15, 0.2) is 9.84 Å². The molecule has 0 saturated heterocycles. The molecule has 0 aliphatic carbocycles. The lowest BCUT2D eigenvalue weighted by atomic mass is 10.2. The summed E-state index contributed by atoms with van der Waals surface area (Å²) in [6, 6.07) is 17.8. The summed E-state index contributed by atoms with van der Waals surface area (Å²) in [5, 5.41) is 24.8. The van der Waals surface area contributed by atoms with Crippen LogP contribution in [0.1, 0.15) is 44.2 Å². The maximum atomic E-state index is 12.3. The Balaban J connectivity index is 0.000000789. The minimum atomic E-state index is -3.56. The Morgan fingerprint density at radius 2 is 1.72 bits per heavy atom. The Morgan fingerprint density at radius 1 is 1.03 bits per heavy atom. The first-order valence-corrected chi connectivity index (χ1v) is 14.0. The molecule has 0 radical (unpaired) electrons. The molecule has 0 bridgehead atoms. The first kappa shape index (κ1) is 31.6. The van der Waals surface area contributed by atoms with Gasteiger partial charge in [-0.25, -0.2) is 8.42 Å². The van der Waals surface area contributed by atoms with Crippen LogP contribution < -0.4 is 15.4 Å². The molecule has 2 aromatic rings. The Labute approximate surface area is 216 Å². The second-order valence-electron chi connectivity index (χ2n) is 8.70. The number of carbonyl (C=O) groups excluding carboxylic acids is 1. The van der Waals surface area contributed by atoms with E-state index in [1.165, 1.54) is 5.56 Å². The molecule has 0 spiro atoms. The minimum absolute atomic E-state index is 0.0901. The molecule has 9 heteroatoms. The first-order chi connectivity index (χ1) is 17.1. The molecule has 8 nitrogen and oxygen atoms in total. The summed E-state index contributed by atoms with van der Waals surface area (Å²) in [7, 11) is -1.98. The molecule has 202 valence electrons. The molecule has 1 amide bonds. The van der Waals surface area contributed by atoms with Crippen LogP contribution in [-0.2, 0) is 21.2 Å². The number of ether oxygens (including phenoxy) is 1. The van der Waals surface area contributed by atoms with E-state index in [9.17, 15) is 23.4 Å². The third kappa shape index (κ3) is 12.5. The van der Waals surface area contributed by atoms with Gasteiger partial charge in [-0.05, 0) is 37.5 Å². The highest BCUT2D eigenvalue weighted by Gasteiger charge is 2.29. The molecule has 0 fully saturated rings. The van der Waals surface area contributed by atoms with E-state index in [0.29, 0.717) is 19.4 Å². The number of hydrogen-bond donors (Lipinski definition) is 4. The van der Waals surface area contributed by atoms with E-state index in [1.807, 2.05) is 49.4 Å². The maximum absolute atomic E-state index is 12.3. The number of nitrogens with one attached hydrogen (secondary N) is 2. The van der Waals surface area contributed by atoms with Gasteiger partial charge in [0.1, 0.15) is 11.9 Å². The normalized spacial score (nSPS) is 13.6. The molecule has 0 saturated carbocycles. The van der Waals surface area contributed by atoms with E-state index in [0.717, 1.165) is 17.7 Å². The van der Waals surface area contributed by atoms with Gasteiger partial charge in [0.05, 0.1) is 24.2 Å². The molecule has 2 aromatic carbocycles. The number of aryl methyl sites for hydroxylation is 1. The standard InChI is InChI=1S/C20H34N2O6S.C7H8/c1-4-7-18(5-2)29(26,27)14-19(24)20(25)22-13-16(23)12-21-11-15-8-6-9-17(10-15)28-3;1-7-5-3-2-4-6-7/h6,8-10,16,18-19,21,23-24H,4-5,7,11-14H2,1-3H3,(H,22,25);2-6H,1H3. The van der Waals surface area contributed by atoms with Crippen molar-refractivity contribution in [1.82, 2.24) is 10.6 Å². The number of benzene rings is 2. The predicted octanol–water partition coefficient (Wildman–Crippen LogP) is 2.61. The fourth-order valence-electron chi connectivity index (χ4n) is 3.50. The number of carbonyl (C=O) groups is 1. The lowest BCUT2D eigenvalue weighted by molar-refractivity contribution is -0.128. The Bertz CT molecular complexity index is 985. The second kappa shape index (κ2) is 17.1. The van der Waals surface area contributed by atoms with E-state index in [-0.39, 0.29) is 13.1 Å². The zero-order valence-corrected chi connectivity index (χ0v) is 22.6. The summed E-state index contributed by atoms with van der Waals surface area (Å²) in [6.07, 6.45) is -0.859. The number of aliphatic hydroxyl groups is 2. The van der Waals surface area contributed by atoms with Gasteiger partial charge < -0.3 is 25.6 Å². The summed E-state index contributed by atoms with van der Waals surface area (Å²) in [5.41, 5.74) is 2.31. The van der Waals surface area contributed by atoms with Crippen LogP contribution >= 0.6 is 0 Å². The van der Waals surface area contributed by atoms with E-state index in [4.69, 9.17) is 4.74 Å². The van der Waals surface area contributed by atoms with Crippen LogP contribution in [0.25, 0.3) is 0 Å². The largest absolute Gasteiger partial charge is 0.497 e. The van der Waals surface area contributed by atoms with Gasteiger partial charge in [-0.3, -0.25) is 4.79 Å². The third-order valence-corrected chi connectivity index (χ3v) is 7.93. The molecule has 2 rings (SSSR count). The van der Waals surface area contributed by atoms with Crippen LogP contribution in [0, 0.1) is 6.92 Å². The summed E-state index contributed by atoms with van der Waals surface area (Å²) in [5.74, 6) is -0.668. The lowest BCUT2D eigenvalue weighted by Crippen LogP contribution is -2.45. The van der Waals surface area contributed by atoms with E-state index >= 15 is 0 Å². The fraction of sp³-hybridized carbons (Fsp3) is 0.519. The van der Waals surface area contributed by atoms with Crippen molar-refractivity contribution in [3.8, 4) is 5.75 Å². The summed E-state index contributed by atoms with van der Waals surface area (Å²) >= 11 is 0. The van der Waals surface area contributed by atoms with Crippen molar-refractivity contribution in [3.63, 3.8) is 0 Å². The zero-order chi connectivity index (χ0) is 27.0. The first-order valence-electron chi connectivity index (χ1n) is 12.3. The van der Waals surface area contributed by atoms with Crippen LogP contribution in [0.15, 0.2) is 54.6 Å². The third-order valence-electron chi connectivity index (χ3n) is 5.56. The van der Waals surface area contributed by atoms with Gasteiger partial charge in [-0.15, -0.1) is 0 Å². The number of sulfone groups is 1. The van der Waals surface area contributed by atoms with E-state index in [2.05, 4.69) is 29.7 Å². The highest BCUT2D eigenvalue weighted by atomic mass is 32.2. The fourth-order valence-corrected chi connectivity index (χ4v) is 5.47. The van der Waals surface area contributed by atoms with Crippen LogP contribution in [-0.4, -0.2) is 67.9 Å². The molecule has 4 N–H and O–H groups in total. The van der Waals surface area contributed by atoms with Gasteiger partial charge in [-0.1, -0.05) is 68.3 Å². The average Bonchev–Trinajstić information content (AvgIpc) is 2.86. The average molecular weight is 523 g/mol. The van der Waals surface area contributed by atoms with Crippen molar-refractivity contribution < 1.29 is 28.2 Å². The van der Waals surface area contributed by atoms with Gasteiger partial charge in [-0.2, -0.15) is 0 Å². The van der Waals surface area contributed by atoms with Crippen molar-refractivity contribution in [3.05, 3.63) is 65.7 Å². The Hall–Kier alpha value is -2.46. The highest BCUT2D eigenvalue weighted by molar-refractivity contribution is 7.92. The molecule has 3 unspecified atom stereocenters. The maximum Gasteiger partial charge on any atom is 0.249 e. The summed E-state index contributed by atoms with van der Waals surface area (Å²) in [6.45, 7) is 6.40. The molecule has 0 heterocycles. The highest BCUT2D eigenvalue weighted by Crippen LogP contribution is 2.15. The predicted molar refractivity (Wildman–Crippen MR) is 144 cm³/mol. The molecular formula is C27H42N2O6S. The van der Waals surface area contributed by atoms with Crippen LogP contribution in [0.4, 0.5) is 0 Å². The monoisotopic (exact) mass is 522 g/mol. The Kier molecular flexibility index (Phi) is 15.0. The van der Waals surface area contributed by atoms with E-state index < -0.39 is 39.0 Å². The van der Waals surface area contributed by atoms with Crippen molar-refractivity contribution in [2.45, 2.75) is 64.0 Å². The smallest absolute Gasteiger partial charge is 0.249 e. The SMILES string of the molecule is CCCC(CC)S(=O)(=O)CC(O)C(=O)NCC(O)CNCc1cccc(OC)c1.Cc1ccccc1. The van der Waals surface area contributed by atoms with Crippen LogP contribution in [0.2, 0.25) is 0 Å². The van der Waals surface area contributed by atoms with Gasteiger partial charge >= 0.3 is 0 Å². The topological polar surface area (TPSA) is 125 Å². The molecular weight excluding hydrogens is 480 g/mol. The van der Waals surface area contributed by atoms with Gasteiger partial charge in [0.25, 0.3) is 0 Å².